The lowest BCUT2D eigenvalue weighted by Gasteiger charge is -2.14. The number of halogens is 3. The lowest BCUT2D eigenvalue weighted by Crippen LogP contribution is -2.27. The highest BCUT2D eigenvalue weighted by Crippen LogP contribution is 2.34. The molecule has 28 heavy (non-hydrogen) atoms. The maximum Gasteiger partial charge on any atom is 0.416 e. The van der Waals surface area contributed by atoms with E-state index in [4.69, 9.17) is 0 Å². The van der Waals surface area contributed by atoms with Gasteiger partial charge < -0.3 is 0 Å². The molecule has 0 spiro atoms. The van der Waals surface area contributed by atoms with Gasteiger partial charge in [-0.2, -0.15) is 18.4 Å². The molecule has 1 aromatic carbocycles. The summed E-state index contributed by atoms with van der Waals surface area (Å²) in [5.41, 5.74) is 0.0695. The number of carbonyl (C=O) groups is 1. The van der Waals surface area contributed by atoms with E-state index < -0.39 is 11.7 Å². The number of allylic oxidation sites excluding steroid dienone is 1. The molecule has 0 unspecified atom stereocenters. The molecule has 0 bridgehead atoms. The van der Waals surface area contributed by atoms with Crippen LogP contribution in [0, 0.1) is 11.3 Å². The zero-order valence-corrected chi connectivity index (χ0v) is 16.4. The molecule has 0 atom stereocenters. The van der Waals surface area contributed by atoms with Crippen LogP contribution in [0.15, 0.2) is 23.6 Å². The first-order chi connectivity index (χ1) is 13.2. The quantitative estimate of drug-likeness (QED) is 0.541. The van der Waals surface area contributed by atoms with Crippen LogP contribution in [0.3, 0.4) is 0 Å². The number of carbonyl (C=O) groups excluding carboxylic acids is 1. The second-order valence-corrected chi connectivity index (χ2v) is 7.55. The van der Waals surface area contributed by atoms with E-state index in [1.165, 1.54) is 35.3 Å². The third kappa shape index (κ3) is 4.05. The van der Waals surface area contributed by atoms with Crippen molar-refractivity contribution < 1.29 is 18.0 Å². The van der Waals surface area contributed by atoms with Crippen LogP contribution in [0.1, 0.15) is 30.1 Å². The maximum atomic E-state index is 12.9. The number of anilines is 1. The summed E-state index contributed by atoms with van der Waals surface area (Å²) >= 11 is 2.40. The van der Waals surface area contributed by atoms with Crippen LogP contribution in [0.2, 0.25) is 0 Å². The predicted molar refractivity (Wildman–Crippen MR) is 104 cm³/mol. The number of hydrogen-bond acceptors (Lipinski definition) is 6. The first-order valence-corrected chi connectivity index (χ1v) is 9.76. The number of thiazole rings is 2. The fraction of sp³-hybridized carbons (Fsp3) is 0.222. The van der Waals surface area contributed by atoms with Crippen molar-refractivity contribution in [3.63, 3.8) is 0 Å². The summed E-state index contributed by atoms with van der Waals surface area (Å²) in [4.78, 5) is 21.6. The Kier molecular flexibility index (Phi) is 5.49. The number of hydrogen-bond donors (Lipinski definition) is 0. The zero-order chi connectivity index (χ0) is 20.5. The van der Waals surface area contributed by atoms with Gasteiger partial charge in [-0.25, -0.2) is 9.97 Å². The van der Waals surface area contributed by atoms with Crippen LogP contribution in [0.25, 0.3) is 21.9 Å². The summed E-state index contributed by atoms with van der Waals surface area (Å²) < 4.78 is 39.1. The van der Waals surface area contributed by atoms with E-state index >= 15 is 0 Å². The van der Waals surface area contributed by atoms with Gasteiger partial charge in [-0.1, -0.05) is 0 Å². The maximum absolute atomic E-state index is 12.9. The Labute approximate surface area is 166 Å². The third-order valence-corrected chi connectivity index (χ3v) is 5.75. The van der Waals surface area contributed by atoms with Gasteiger partial charge in [0.2, 0.25) is 5.91 Å². The number of aromatic nitrogens is 2. The van der Waals surface area contributed by atoms with Crippen molar-refractivity contribution in [3.8, 4) is 6.07 Å². The van der Waals surface area contributed by atoms with Crippen LogP contribution < -0.4 is 4.90 Å². The van der Waals surface area contributed by atoms with E-state index in [1.807, 2.05) is 13.0 Å². The second-order valence-electron chi connectivity index (χ2n) is 5.69. The molecule has 0 aliphatic heterocycles. The Morgan fingerprint density at radius 2 is 2.11 bits per heavy atom. The first kappa shape index (κ1) is 20.0. The van der Waals surface area contributed by atoms with Gasteiger partial charge in [0.25, 0.3) is 0 Å². The number of rotatable bonds is 4. The lowest BCUT2D eigenvalue weighted by atomic mass is 10.2. The van der Waals surface area contributed by atoms with Crippen LogP contribution in [-0.2, 0) is 11.0 Å². The van der Waals surface area contributed by atoms with E-state index in [9.17, 15) is 23.2 Å². The summed E-state index contributed by atoms with van der Waals surface area (Å²) in [7, 11) is 0. The number of fused-ring (bicyclic) bond motifs is 1. The molecule has 0 saturated heterocycles. The Morgan fingerprint density at radius 1 is 1.36 bits per heavy atom. The minimum atomic E-state index is -4.45. The largest absolute Gasteiger partial charge is 0.416 e. The van der Waals surface area contributed by atoms with Gasteiger partial charge in [-0.3, -0.25) is 9.69 Å². The fourth-order valence-corrected chi connectivity index (χ4v) is 4.27. The van der Waals surface area contributed by atoms with Crippen molar-refractivity contribution in [1.82, 2.24) is 9.97 Å². The summed E-state index contributed by atoms with van der Waals surface area (Å²) in [6.45, 7) is 3.74. The predicted octanol–water partition coefficient (Wildman–Crippen LogP) is 5.21. The van der Waals surface area contributed by atoms with Crippen molar-refractivity contribution in [2.75, 3.05) is 11.4 Å². The Balaban J connectivity index is 1.96. The van der Waals surface area contributed by atoms with Gasteiger partial charge in [-0.05, 0) is 31.2 Å². The van der Waals surface area contributed by atoms with E-state index in [0.717, 1.165) is 23.5 Å². The van der Waals surface area contributed by atoms with Crippen molar-refractivity contribution in [1.29, 1.82) is 5.26 Å². The van der Waals surface area contributed by atoms with E-state index in [1.54, 1.807) is 5.38 Å². The highest BCUT2D eigenvalue weighted by molar-refractivity contribution is 7.19. The molecule has 1 amide bonds. The molecule has 10 heteroatoms. The molecule has 5 nitrogen and oxygen atoms in total. The molecule has 3 aromatic rings. The SMILES string of the molecule is CCN(C(C)=O)c1nc(C=C(C#N)c2nc3cc(C(F)(F)F)ccc3s2)cs1. The summed E-state index contributed by atoms with van der Waals surface area (Å²) in [6.07, 6.45) is -2.94. The Hall–Kier alpha value is -2.77. The van der Waals surface area contributed by atoms with Crippen molar-refractivity contribution in [3.05, 3.63) is 39.8 Å². The number of amides is 1. The van der Waals surface area contributed by atoms with Gasteiger partial charge in [0.15, 0.2) is 5.13 Å². The molecule has 3 rings (SSSR count). The molecule has 0 aliphatic carbocycles. The summed E-state index contributed by atoms with van der Waals surface area (Å²) in [5.74, 6) is -0.139. The molecule has 0 saturated carbocycles. The van der Waals surface area contributed by atoms with Crippen LogP contribution in [0.5, 0.6) is 0 Å². The van der Waals surface area contributed by atoms with Crippen molar-refractivity contribution >= 4 is 55.6 Å². The van der Waals surface area contributed by atoms with Gasteiger partial charge in [-0.15, -0.1) is 22.7 Å². The van der Waals surface area contributed by atoms with Crippen LogP contribution in [0.4, 0.5) is 18.3 Å². The number of nitriles is 1. The average molecular weight is 422 g/mol. The molecule has 2 heterocycles. The number of alkyl halides is 3. The minimum absolute atomic E-state index is 0.139. The van der Waals surface area contributed by atoms with E-state index in [-0.39, 0.29) is 17.0 Å². The van der Waals surface area contributed by atoms with Crippen LogP contribution >= 0.6 is 22.7 Å². The zero-order valence-electron chi connectivity index (χ0n) is 14.7. The average Bonchev–Trinajstić information content (AvgIpc) is 3.25. The van der Waals surface area contributed by atoms with Crippen molar-refractivity contribution in [2.24, 2.45) is 0 Å². The van der Waals surface area contributed by atoms with Crippen molar-refractivity contribution in [2.45, 2.75) is 20.0 Å². The van der Waals surface area contributed by atoms with Gasteiger partial charge >= 0.3 is 6.18 Å². The third-order valence-electron chi connectivity index (χ3n) is 3.80. The number of nitrogens with zero attached hydrogens (tertiary/aromatic N) is 4. The molecule has 0 aliphatic rings. The van der Waals surface area contributed by atoms with Gasteiger partial charge in [0, 0.05) is 18.8 Å². The molecule has 2 aromatic heterocycles. The normalized spacial score (nSPS) is 12.2. The van der Waals surface area contributed by atoms with Crippen LogP contribution in [-0.4, -0.2) is 22.4 Å². The second kappa shape index (κ2) is 7.69. The van der Waals surface area contributed by atoms with E-state index in [0.29, 0.717) is 27.1 Å². The monoisotopic (exact) mass is 422 g/mol. The fourth-order valence-electron chi connectivity index (χ4n) is 2.47. The standard InChI is InChI=1S/C18H13F3N4OS2/c1-3-25(10(2)26)17-23-13(9-27-17)6-11(8-22)16-24-14-7-12(18(19,20)21)4-5-15(14)28-16/h4-7,9H,3H2,1-2H3. The molecular formula is C18H13F3N4OS2. The topological polar surface area (TPSA) is 69.9 Å². The highest BCUT2D eigenvalue weighted by atomic mass is 32.1. The number of benzene rings is 1. The molecule has 0 radical (unpaired) electrons. The first-order valence-electron chi connectivity index (χ1n) is 8.06. The van der Waals surface area contributed by atoms with E-state index in [2.05, 4.69) is 9.97 Å². The van der Waals surface area contributed by atoms with Gasteiger partial charge in [0.1, 0.15) is 11.1 Å². The Morgan fingerprint density at radius 3 is 2.71 bits per heavy atom. The summed E-state index contributed by atoms with van der Waals surface area (Å²) in [6, 6.07) is 5.33. The highest BCUT2D eigenvalue weighted by Gasteiger charge is 2.30. The van der Waals surface area contributed by atoms with Gasteiger partial charge in [0.05, 0.1) is 27.0 Å². The smallest absolute Gasteiger partial charge is 0.289 e. The molecule has 144 valence electrons. The minimum Gasteiger partial charge on any atom is -0.289 e. The molecule has 0 fully saturated rings. The Bertz CT molecular complexity index is 1110. The lowest BCUT2D eigenvalue weighted by molar-refractivity contribution is -0.137. The molecule has 0 N–H and O–H groups in total. The molecular weight excluding hydrogens is 409 g/mol. The summed E-state index contributed by atoms with van der Waals surface area (Å²) in [5, 5.41) is 12.0.